The lowest BCUT2D eigenvalue weighted by Crippen LogP contribution is -2.51. The molecular weight excluding hydrogens is 230 g/mol. The van der Waals surface area contributed by atoms with Crippen molar-refractivity contribution in [1.29, 1.82) is 0 Å². The first-order valence-electron chi connectivity index (χ1n) is 5.04. The van der Waals surface area contributed by atoms with Crippen molar-refractivity contribution in [2.75, 3.05) is 13.1 Å². The third kappa shape index (κ3) is 7.12. The maximum absolute atomic E-state index is 11.2. The molecule has 0 aromatic carbocycles. The Morgan fingerprint density at radius 3 is 2.12 bits per heavy atom. The Kier molecular flexibility index (Phi) is 6.64. The highest BCUT2D eigenvalue weighted by molar-refractivity contribution is 5.83. The van der Waals surface area contributed by atoms with Crippen LogP contribution < -0.4 is 16.0 Å². The molecule has 0 aliphatic rings. The molecule has 0 rings (SSSR count). The van der Waals surface area contributed by atoms with E-state index in [2.05, 4.69) is 16.0 Å². The van der Waals surface area contributed by atoms with Crippen molar-refractivity contribution in [1.82, 2.24) is 16.0 Å². The van der Waals surface area contributed by atoms with Crippen molar-refractivity contribution in [2.24, 2.45) is 0 Å². The van der Waals surface area contributed by atoms with Gasteiger partial charge in [0.1, 0.15) is 0 Å². The zero-order valence-corrected chi connectivity index (χ0v) is 9.69. The highest BCUT2D eigenvalue weighted by Gasteiger charge is 2.24. The Labute approximate surface area is 98.4 Å². The van der Waals surface area contributed by atoms with E-state index in [0.717, 1.165) is 0 Å². The average Bonchev–Trinajstić information content (AvgIpc) is 2.19. The molecular formula is C9H17N3O5. The van der Waals surface area contributed by atoms with Crippen molar-refractivity contribution in [2.45, 2.75) is 26.0 Å². The maximum atomic E-state index is 11.2. The monoisotopic (exact) mass is 247 g/mol. The Balaban J connectivity index is 3.91. The number of carbonyl (C=O) groups excluding carboxylic acids is 2. The fraction of sp³-hybridized carbons (Fsp3) is 0.667. The number of carboxylic acids is 1. The van der Waals surface area contributed by atoms with Gasteiger partial charge in [0, 0.05) is 20.0 Å². The second-order valence-corrected chi connectivity index (χ2v) is 3.44. The minimum absolute atomic E-state index is 0.164. The minimum atomic E-state index is -1.37. The van der Waals surface area contributed by atoms with E-state index in [4.69, 9.17) is 10.2 Å². The summed E-state index contributed by atoms with van der Waals surface area (Å²) >= 11 is 0. The van der Waals surface area contributed by atoms with E-state index in [-0.39, 0.29) is 19.0 Å². The quantitative estimate of drug-likeness (QED) is 0.356. The van der Waals surface area contributed by atoms with Crippen molar-refractivity contribution in [3.05, 3.63) is 0 Å². The van der Waals surface area contributed by atoms with Gasteiger partial charge in [0.2, 0.25) is 5.91 Å². The zero-order chi connectivity index (χ0) is 13.4. The fourth-order valence-electron chi connectivity index (χ4n) is 0.996. The first-order chi connectivity index (χ1) is 7.84. The Bertz CT molecular complexity index is 292. The first-order valence-corrected chi connectivity index (χ1v) is 5.04. The van der Waals surface area contributed by atoms with E-state index < -0.39 is 24.1 Å². The molecule has 0 saturated heterocycles. The van der Waals surface area contributed by atoms with Gasteiger partial charge >= 0.3 is 12.0 Å². The molecule has 0 bridgehead atoms. The summed E-state index contributed by atoms with van der Waals surface area (Å²) in [5.41, 5.74) is 0. The number of aliphatic hydroxyl groups excluding tert-OH is 1. The Morgan fingerprint density at radius 1 is 1.18 bits per heavy atom. The number of urea groups is 1. The molecule has 0 spiro atoms. The number of aliphatic carboxylic acids is 1. The summed E-state index contributed by atoms with van der Waals surface area (Å²) < 4.78 is 0. The molecule has 0 fully saturated rings. The number of hydrogen-bond acceptors (Lipinski definition) is 4. The van der Waals surface area contributed by atoms with Crippen LogP contribution in [0.4, 0.5) is 4.79 Å². The van der Waals surface area contributed by atoms with Crippen LogP contribution in [0.5, 0.6) is 0 Å². The molecule has 0 aromatic rings. The fourth-order valence-corrected chi connectivity index (χ4v) is 0.996. The molecule has 8 nitrogen and oxygen atoms in total. The number of carbonyl (C=O) groups is 3. The Morgan fingerprint density at radius 2 is 1.71 bits per heavy atom. The smallest absolute Gasteiger partial charge is 0.328 e. The van der Waals surface area contributed by atoms with Gasteiger partial charge in [-0.25, -0.2) is 9.59 Å². The van der Waals surface area contributed by atoms with Gasteiger partial charge in [-0.2, -0.15) is 0 Å². The standard InChI is InChI=1S/C9H17N3O5/c1-5(13)7(8(15)16)12-9(17)11-4-3-10-6(2)14/h5,7,13H,3-4H2,1-2H3,(H,10,14)(H,15,16)(H2,11,12,17). The molecule has 0 aliphatic carbocycles. The normalized spacial score (nSPS) is 13.4. The van der Waals surface area contributed by atoms with Crippen molar-refractivity contribution in [3.8, 4) is 0 Å². The third-order valence-corrected chi connectivity index (χ3v) is 1.82. The first kappa shape index (κ1) is 15.2. The average molecular weight is 247 g/mol. The zero-order valence-electron chi connectivity index (χ0n) is 9.69. The summed E-state index contributed by atoms with van der Waals surface area (Å²) in [4.78, 5) is 32.3. The van der Waals surface area contributed by atoms with Gasteiger partial charge in [-0.15, -0.1) is 0 Å². The molecule has 5 N–H and O–H groups in total. The van der Waals surface area contributed by atoms with Crippen LogP contribution in [0.1, 0.15) is 13.8 Å². The van der Waals surface area contributed by atoms with Crippen molar-refractivity contribution in [3.63, 3.8) is 0 Å². The van der Waals surface area contributed by atoms with Gasteiger partial charge in [0.15, 0.2) is 6.04 Å². The molecule has 17 heavy (non-hydrogen) atoms. The minimum Gasteiger partial charge on any atom is -0.480 e. The molecule has 0 saturated carbocycles. The molecule has 2 unspecified atom stereocenters. The van der Waals surface area contributed by atoms with E-state index in [0.29, 0.717) is 0 Å². The molecule has 98 valence electrons. The van der Waals surface area contributed by atoms with E-state index in [1.165, 1.54) is 13.8 Å². The van der Waals surface area contributed by atoms with Crippen LogP contribution in [0.15, 0.2) is 0 Å². The number of aliphatic hydroxyl groups is 1. The molecule has 2 atom stereocenters. The number of carboxylic acid groups (broad SMARTS) is 1. The van der Waals surface area contributed by atoms with Gasteiger partial charge in [-0.3, -0.25) is 4.79 Å². The lowest BCUT2D eigenvalue weighted by atomic mass is 10.2. The van der Waals surface area contributed by atoms with Crippen LogP contribution >= 0.6 is 0 Å². The summed E-state index contributed by atoms with van der Waals surface area (Å²) in [6, 6.07) is -2.08. The molecule has 0 heterocycles. The van der Waals surface area contributed by atoms with E-state index in [1.54, 1.807) is 0 Å². The second kappa shape index (κ2) is 7.44. The van der Waals surface area contributed by atoms with Gasteiger partial charge in [0.25, 0.3) is 0 Å². The summed E-state index contributed by atoms with van der Waals surface area (Å²) in [5.74, 6) is -1.54. The van der Waals surface area contributed by atoms with E-state index in [9.17, 15) is 14.4 Å². The van der Waals surface area contributed by atoms with Crippen molar-refractivity contribution >= 4 is 17.9 Å². The molecule has 0 radical (unpaired) electrons. The predicted octanol–water partition coefficient (Wildman–Crippen LogP) is -1.74. The van der Waals surface area contributed by atoms with Crippen molar-refractivity contribution < 1.29 is 24.6 Å². The van der Waals surface area contributed by atoms with Crippen LogP contribution in [-0.2, 0) is 9.59 Å². The highest BCUT2D eigenvalue weighted by Crippen LogP contribution is 1.92. The summed E-state index contributed by atoms with van der Waals surface area (Å²) in [6.07, 6.45) is -1.20. The second-order valence-electron chi connectivity index (χ2n) is 3.44. The van der Waals surface area contributed by atoms with E-state index >= 15 is 0 Å². The van der Waals surface area contributed by atoms with Crippen LogP contribution in [-0.4, -0.2) is 53.4 Å². The molecule has 0 aliphatic heterocycles. The number of rotatable bonds is 6. The van der Waals surface area contributed by atoms with Crippen LogP contribution in [0, 0.1) is 0 Å². The topological polar surface area (TPSA) is 128 Å². The lowest BCUT2D eigenvalue weighted by Gasteiger charge is -2.17. The highest BCUT2D eigenvalue weighted by atomic mass is 16.4. The SMILES string of the molecule is CC(=O)NCCNC(=O)NC(C(=O)O)C(C)O. The molecule has 0 aromatic heterocycles. The van der Waals surface area contributed by atoms with Crippen LogP contribution in [0.2, 0.25) is 0 Å². The van der Waals surface area contributed by atoms with Crippen LogP contribution in [0.3, 0.4) is 0 Å². The number of nitrogens with one attached hydrogen (secondary N) is 3. The number of amides is 3. The predicted molar refractivity (Wildman–Crippen MR) is 58.3 cm³/mol. The molecule has 3 amide bonds. The van der Waals surface area contributed by atoms with Crippen LogP contribution in [0.25, 0.3) is 0 Å². The van der Waals surface area contributed by atoms with Gasteiger partial charge in [0.05, 0.1) is 6.10 Å². The van der Waals surface area contributed by atoms with Gasteiger partial charge in [-0.1, -0.05) is 0 Å². The Hall–Kier alpha value is -1.83. The third-order valence-electron chi connectivity index (χ3n) is 1.82. The summed E-state index contributed by atoms with van der Waals surface area (Å²) in [6.45, 7) is 3.01. The summed E-state index contributed by atoms with van der Waals surface area (Å²) in [5, 5.41) is 24.7. The van der Waals surface area contributed by atoms with Gasteiger partial charge in [-0.05, 0) is 6.92 Å². The summed E-state index contributed by atoms with van der Waals surface area (Å²) in [7, 11) is 0. The van der Waals surface area contributed by atoms with Gasteiger partial charge < -0.3 is 26.2 Å². The maximum Gasteiger partial charge on any atom is 0.328 e. The number of hydrogen-bond donors (Lipinski definition) is 5. The largest absolute Gasteiger partial charge is 0.480 e. The van der Waals surface area contributed by atoms with E-state index in [1.807, 2.05) is 0 Å². The molecule has 8 heteroatoms. The lowest BCUT2D eigenvalue weighted by molar-refractivity contribution is -0.141.